The maximum atomic E-state index is 12.3. The van der Waals surface area contributed by atoms with Gasteiger partial charge < -0.3 is 4.74 Å². The van der Waals surface area contributed by atoms with Crippen LogP contribution in [0.2, 0.25) is 5.02 Å². The molecule has 182 valence electrons. The van der Waals surface area contributed by atoms with E-state index in [4.69, 9.17) is 21.4 Å². The van der Waals surface area contributed by atoms with Crippen molar-refractivity contribution in [1.29, 1.82) is 0 Å². The molecule has 10 heteroatoms. The maximum Gasteiger partial charge on any atom is 0.211 e. The van der Waals surface area contributed by atoms with E-state index in [1.165, 1.54) is 6.26 Å². The Balaban J connectivity index is 1.47. The van der Waals surface area contributed by atoms with Gasteiger partial charge >= 0.3 is 0 Å². The first-order valence-electron chi connectivity index (χ1n) is 11.6. The Morgan fingerprint density at radius 1 is 1.12 bits per heavy atom. The second-order valence-corrected chi connectivity index (χ2v) is 12.0. The van der Waals surface area contributed by atoms with Crippen molar-refractivity contribution in [3.63, 3.8) is 0 Å². The lowest BCUT2D eigenvalue weighted by Gasteiger charge is -2.27. The monoisotopic (exact) mass is 520 g/mol. The van der Waals surface area contributed by atoms with E-state index in [9.17, 15) is 8.42 Å². The smallest absolute Gasteiger partial charge is 0.211 e. The van der Waals surface area contributed by atoms with Gasteiger partial charge in [0.15, 0.2) is 0 Å². The van der Waals surface area contributed by atoms with E-state index in [2.05, 4.69) is 27.1 Å². The summed E-state index contributed by atoms with van der Waals surface area (Å²) in [5.41, 5.74) is 6.00. The Labute approximate surface area is 209 Å². The molecule has 0 unspecified atom stereocenters. The van der Waals surface area contributed by atoms with Crippen LogP contribution in [0.5, 0.6) is 0 Å². The zero-order valence-electron chi connectivity index (χ0n) is 19.2. The van der Waals surface area contributed by atoms with Gasteiger partial charge in [0.25, 0.3) is 0 Å². The van der Waals surface area contributed by atoms with Crippen molar-refractivity contribution in [2.75, 3.05) is 45.6 Å². The summed E-state index contributed by atoms with van der Waals surface area (Å²) in [7, 11) is -3.28. The normalized spacial score (nSPS) is 17.7. The lowest BCUT2D eigenvalue weighted by Crippen LogP contribution is -2.37. The summed E-state index contributed by atoms with van der Waals surface area (Å²) in [6.45, 7) is 6.20. The minimum atomic E-state index is -3.28. The molecule has 0 radical (unpaired) electrons. The standard InChI is InChI=1S/C24H29ClN4O3S2/c1-34(30,31)28-9-5-23-21(16-28)24(26-29(23)8-2-7-27-10-12-32-13-11-27)18-3-4-22(25)20(15-18)19-6-14-33-17-19/h3-4,6,14-15,17H,2,5,7-13,16H2,1H3. The van der Waals surface area contributed by atoms with Crippen LogP contribution in [-0.2, 0) is 34.3 Å². The average molecular weight is 521 g/mol. The predicted octanol–water partition coefficient (Wildman–Crippen LogP) is 3.97. The fourth-order valence-electron chi connectivity index (χ4n) is 4.75. The molecule has 2 aromatic heterocycles. The first-order valence-corrected chi connectivity index (χ1v) is 14.7. The third-order valence-corrected chi connectivity index (χ3v) is 8.85. The van der Waals surface area contributed by atoms with E-state index in [-0.39, 0.29) is 0 Å². The zero-order chi connectivity index (χ0) is 23.7. The van der Waals surface area contributed by atoms with Crippen LogP contribution < -0.4 is 0 Å². The van der Waals surface area contributed by atoms with Gasteiger partial charge in [-0.1, -0.05) is 17.7 Å². The highest BCUT2D eigenvalue weighted by molar-refractivity contribution is 7.88. The van der Waals surface area contributed by atoms with Gasteiger partial charge in [0.05, 0.1) is 25.2 Å². The minimum Gasteiger partial charge on any atom is -0.379 e. The number of hydrogen-bond donors (Lipinski definition) is 0. The van der Waals surface area contributed by atoms with Crippen molar-refractivity contribution < 1.29 is 13.2 Å². The molecule has 0 bridgehead atoms. The molecular weight excluding hydrogens is 492 g/mol. The van der Waals surface area contributed by atoms with E-state index in [1.807, 2.05) is 17.5 Å². The molecule has 1 saturated heterocycles. The molecule has 4 heterocycles. The predicted molar refractivity (Wildman–Crippen MR) is 137 cm³/mol. The van der Waals surface area contributed by atoms with Gasteiger partial charge in [-0.25, -0.2) is 8.42 Å². The van der Waals surface area contributed by atoms with Crippen LogP contribution in [0.1, 0.15) is 17.7 Å². The Morgan fingerprint density at radius 2 is 1.94 bits per heavy atom. The first kappa shape index (κ1) is 24.0. The number of aryl methyl sites for hydroxylation is 1. The molecule has 1 fully saturated rings. The number of ether oxygens (including phenoxy) is 1. The van der Waals surface area contributed by atoms with E-state index < -0.39 is 10.0 Å². The number of fused-ring (bicyclic) bond motifs is 1. The Kier molecular flexibility index (Phi) is 7.11. The summed E-state index contributed by atoms with van der Waals surface area (Å²) >= 11 is 8.16. The summed E-state index contributed by atoms with van der Waals surface area (Å²) in [6.07, 6.45) is 2.93. The Bertz CT molecular complexity index is 1250. The maximum absolute atomic E-state index is 12.3. The number of nitrogens with zero attached hydrogens (tertiary/aromatic N) is 4. The van der Waals surface area contributed by atoms with Crippen LogP contribution in [-0.4, -0.2) is 73.1 Å². The number of halogens is 1. The molecule has 0 spiro atoms. The Morgan fingerprint density at radius 3 is 2.68 bits per heavy atom. The summed E-state index contributed by atoms with van der Waals surface area (Å²) in [6, 6.07) is 8.02. The van der Waals surface area contributed by atoms with Crippen LogP contribution >= 0.6 is 22.9 Å². The van der Waals surface area contributed by atoms with Crippen LogP contribution in [0.3, 0.4) is 0 Å². The summed E-state index contributed by atoms with van der Waals surface area (Å²) in [4.78, 5) is 2.43. The van der Waals surface area contributed by atoms with Crippen LogP contribution in [0.15, 0.2) is 35.0 Å². The van der Waals surface area contributed by atoms with Gasteiger partial charge in [0.2, 0.25) is 10.0 Å². The van der Waals surface area contributed by atoms with E-state index in [0.29, 0.717) is 24.5 Å². The molecule has 5 rings (SSSR count). The largest absolute Gasteiger partial charge is 0.379 e. The molecule has 2 aliphatic heterocycles. The SMILES string of the molecule is CS(=O)(=O)N1CCc2c(c(-c3ccc(Cl)c(-c4ccsc4)c3)nn2CCCN2CCOCC2)C1. The fraction of sp³-hybridized carbons (Fsp3) is 0.458. The molecule has 2 aliphatic rings. The highest BCUT2D eigenvalue weighted by Gasteiger charge is 2.30. The zero-order valence-corrected chi connectivity index (χ0v) is 21.6. The number of thiophene rings is 1. The van der Waals surface area contributed by atoms with Crippen LogP contribution in [0, 0.1) is 0 Å². The molecule has 0 aliphatic carbocycles. The van der Waals surface area contributed by atoms with Gasteiger partial charge in [-0.3, -0.25) is 9.58 Å². The summed E-state index contributed by atoms with van der Waals surface area (Å²) < 4.78 is 33.7. The van der Waals surface area contributed by atoms with Crippen molar-refractivity contribution in [2.24, 2.45) is 0 Å². The highest BCUT2D eigenvalue weighted by atomic mass is 35.5. The van der Waals surface area contributed by atoms with Crippen molar-refractivity contribution in [3.05, 3.63) is 51.3 Å². The summed E-state index contributed by atoms with van der Waals surface area (Å²) in [5, 5.41) is 9.83. The van der Waals surface area contributed by atoms with Gasteiger partial charge in [-0.2, -0.15) is 20.7 Å². The molecule has 1 aromatic carbocycles. The molecule has 0 atom stereocenters. The number of hydrogen-bond acceptors (Lipinski definition) is 6. The van der Waals surface area contributed by atoms with E-state index in [1.54, 1.807) is 15.6 Å². The topological polar surface area (TPSA) is 67.7 Å². The molecular formula is C24H29ClN4O3S2. The number of benzene rings is 1. The lowest BCUT2D eigenvalue weighted by molar-refractivity contribution is 0.0368. The number of aromatic nitrogens is 2. The number of rotatable bonds is 7. The second kappa shape index (κ2) is 10.1. The first-order chi connectivity index (χ1) is 16.4. The summed E-state index contributed by atoms with van der Waals surface area (Å²) in [5.74, 6) is 0. The third-order valence-electron chi connectivity index (χ3n) is 6.59. The molecule has 7 nitrogen and oxygen atoms in total. The van der Waals surface area contributed by atoms with Gasteiger partial charge in [-0.15, -0.1) is 0 Å². The molecule has 34 heavy (non-hydrogen) atoms. The van der Waals surface area contributed by atoms with Gasteiger partial charge in [0.1, 0.15) is 0 Å². The number of morpholine rings is 1. The van der Waals surface area contributed by atoms with Crippen LogP contribution in [0.25, 0.3) is 22.4 Å². The van der Waals surface area contributed by atoms with E-state index in [0.717, 1.165) is 79.5 Å². The molecule has 0 saturated carbocycles. The van der Waals surface area contributed by atoms with Gasteiger partial charge in [-0.05, 0) is 40.9 Å². The highest BCUT2D eigenvalue weighted by Crippen LogP contribution is 2.36. The molecule has 0 amide bonds. The minimum absolute atomic E-state index is 0.351. The van der Waals surface area contributed by atoms with Crippen LogP contribution in [0.4, 0.5) is 0 Å². The average Bonchev–Trinajstić information content (AvgIpc) is 3.48. The number of sulfonamides is 1. The third kappa shape index (κ3) is 5.10. The van der Waals surface area contributed by atoms with Crippen molar-refractivity contribution in [3.8, 4) is 22.4 Å². The molecule has 0 N–H and O–H groups in total. The quantitative estimate of drug-likeness (QED) is 0.471. The van der Waals surface area contributed by atoms with Crippen molar-refractivity contribution in [2.45, 2.75) is 25.9 Å². The van der Waals surface area contributed by atoms with Crippen molar-refractivity contribution >= 4 is 33.0 Å². The second-order valence-electron chi connectivity index (χ2n) is 8.86. The lowest BCUT2D eigenvalue weighted by atomic mass is 9.99. The Hall–Kier alpha value is -1.75. The van der Waals surface area contributed by atoms with Gasteiger partial charge in [0, 0.05) is 73.1 Å². The molecule has 3 aromatic rings. The fourth-order valence-corrected chi connectivity index (χ4v) is 6.42. The van der Waals surface area contributed by atoms with Crippen molar-refractivity contribution in [1.82, 2.24) is 19.0 Å². The van der Waals surface area contributed by atoms with E-state index >= 15 is 0 Å².